The van der Waals surface area contributed by atoms with Crippen LogP contribution in [0.3, 0.4) is 0 Å². The zero-order valence-corrected chi connectivity index (χ0v) is 15.7. The quantitative estimate of drug-likeness (QED) is 0.347. The molecule has 0 aliphatic heterocycles. The van der Waals surface area contributed by atoms with Crippen molar-refractivity contribution in [2.24, 2.45) is 0 Å². The summed E-state index contributed by atoms with van der Waals surface area (Å²) in [4.78, 5) is 10.9. The molecule has 132 valence electrons. The van der Waals surface area contributed by atoms with Crippen molar-refractivity contribution in [2.45, 2.75) is 0 Å². The largest absolute Gasteiger partial charge is 0.283 e. The van der Waals surface area contributed by atoms with Gasteiger partial charge in [-0.05, 0) is 30.3 Å². The lowest BCUT2D eigenvalue weighted by molar-refractivity contribution is 1.09. The molecule has 0 saturated carbocycles. The highest BCUT2D eigenvalue weighted by Crippen LogP contribution is 2.41. The summed E-state index contributed by atoms with van der Waals surface area (Å²) in [7, 11) is 0. The molecule has 0 unspecified atom stereocenters. The first-order valence-corrected chi connectivity index (χ1v) is 10.0. The zero-order valence-electron chi connectivity index (χ0n) is 14.9. The lowest BCUT2D eigenvalue weighted by atomic mass is 10.1. The fraction of sp³-hybridized carbons (Fsp3) is 0. The maximum Gasteiger partial charge on any atom is 0.138 e. The lowest BCUT2D eigenvalue weighted by Crippen LogP contribution is -1.97. The van der Waals surface area contributed by atoms with Crippen molar-refractivity contribution in [1.29, 1.82) is 0 Å². The first-order chi connectivity index (χ1) is 13.9. The molecule has 28 heavy (non-hydrogen) atoms. The number of aromatic nitrogens is 3. The van der Waals surface area contributed by atoms with Gasteiger partial charge < -0.3 is 0 Å². The summed E-state index contributed by atoms with van der Waals surface area (Å²) in [5.41, 5.74) is 4.21. The summed E-state index contributed by atoms with van der Waals surface area (Å²) < 4.78 is 3.52. The van der Waals surface area contributed by atoms with E-state index in [1.165, 1.54) is 20.3 Å². The fourth-order valence-corrected chi connectivity index (χ4v) is 5.07. The monoisotopic (exact) mass is 377 g/mol. The van der Waals surface area contributed by atoms with Gasteiger partial charge in [-0.1, -0.05) is 54.6 Å². The van der Waals surface area contributed by atoms with Crippen LogP contribution in [0, 0.1) is 0 Å². The molecule has 4 aromatic heterocycles. The predicted molar refractivity (Wildman–Crippen MR) is 117 cm³/mol. The van der Waals surface area contributed by atoms with Crippen molar-refractivity contribution in [1.82, 2.24) is 14.5 Å². The highest BCUT2D eigenvalue weighted by atomic mass is 32.1. The minimum Gasteiger partial charge on any atom is -0.283 e. The molecule has 0 aliphatic carbocycles. The Labute approximate surface area is 165 Å². The molecule has 4 heterocycles. The molecule has 0 radical (unpaired) electrons. The second-order valence-corrected chi connectivity index (χ2v) is 7.76. The van der Waals surface area contributed by atoms with E-state index in [2.05, 4.69) is 65.2 Å². The topological polar surface area (TPSA) is 30.7 Å². The summed E-state index contributed by atoms with van der Waals surface area (Å²) in [5, 5.41) is 2.47. The van der Waals surface area contributed by atoms with Crippen molar-refractivity contribution in [3.05, 3.63) is 91.1 Å². The van der Waals surface area contributed by atoms with E-state index in [1.54, 1.807) is 11.3 Å². The Morgan fingerprint density at radius 1 is 0.750 bits per heavy atom. The molecule has 2 aromatic carbocycles. The first kappa shape index (κ1) is 15.5. The van der Waals surface area contributed by atoms with Crippen LogP contribution in [-0.4, -0.2) is 14.5 Å². The van der Waals surface area contributed by atoms with Crippen LogP contribution in [0.5, 0.6) is 0 Å². The van der Waals surface area contributed by atoms with E-state index in [0.717, 1.165) is 28.1 Å². The number of nitrogens with zero attached hydrogens (tertiary/aromatic N) is 3. The standard InChI is InChI=1S/C24H15N3S/c1-2-8-16(9-3-1)18-11-6-14-21(26-18)27-19-12-7-15-25-23(19)22-17-10-4-5-13-20(17)28-24(22)27/h1-15H. The van der Waals surface area contributed by atoms with Gasteiger partial charge in [-0.2, -0.15) is 0 Å². The zero-order chi connectivity index (χ0) is 18.5. The van der Waals surface area contributed by atoms with Crippen molar-refractivity contribution < 1.29 is 0 Å². The third kappa shape index (κ3) is 2.22. The second-order valence-electron chi connectivity index (χ2n) is 6.73. The number of pyridine rings is 2. The third-order valence-corrected chi connectivity index (χ3v) is 6.23. The summed E-state index contributed by atoms with van der Waals surface area (Å²) in [6.07, 6.45) is 1.87. The number of thiophene rings is 1. The summed E-state index contributed by atoms with van der Waals surface area (Å²) in [5.74, 6) is 0.918. The van der Waals surface area contributed by atoms with Crippen LogP contribution in [0.15, 0.2) is 91.1 Å². The minimum absolute atomic E-state index is 0.918. The normalized spacial score (nSPS) is 11.6. The lowest BCUT2D eigenvalue weighted by Gasteiger charge is -2.08. The Bertz CT molecular complexity index is 1460. The average molecular weight is 377 g/mol. The summed E-state index contributed by atoms with van der Waals surface area (Å²) in [6.45, 7) is 0. The Morgan fingerprint density at radius 3 is 2.54 bits per heavy atom. The van der Waals surface area contributed by atoms with E-state index >= 15 is 0 Å². The van der Waals surface area contributed by atoms with Crippen molar-refractivity contribution in [2.75, 3.05) is 0 Å². The maximum absolute atomic E-state index is 5.00. The van der Waals surface area contributed by atoms with E-state index in [1.807, 2.05) is 30.5 Å². The van der Waals surface area contributed by atoms with Gasteiger partial charge in [0.05, 0.1) is 16.7 Å². The number of fused-ring (bicyclic) bond motifs is 5. The van der Waals surface area contributed by atoms with E-state index in [-0.39, 0.29) is 0 Å². The van der Waals surface area contributed by atoms with E-state index < -0.39 is 0 Å². The molecule has 0 atom stereocenters. The van der Waals surface area contributed by atoms with E-state index in [4.69, 9.17) is 9.97 Å². The highest BCUT2D eigenvalue weighted by Gasteiger charge is 2.18. The maximum atomic E-state index is 5.00. The molecule has 0 amide bonds. The van der Waals surface area contributed by atoms with Crippen LogP contribution in [0.2, 0.25) is 0 Å². The predicted octanol–water partition coefficient (Wildman–Crippen LogP) is 6.46. The van der Waals surface area contributed by atoms with Crippen LogP contribution < -0.4 is 0 Å². The van der Waals surface area contributed by atoms with Crippen molar-refractivity contribution >= 4 is 42.7 Å². The number of benzene rings is 2. The van der Waals surface area contributed by atoms with Gasteiger partial charge in [0.1, 0.15) is 10.6 Å². The number of hydrogen-bond acceptors (Lipinski definition) is 3. The van der Waals surface area contributed by atoms with Gasteiger partial charge >= 0.3 is 0 Å². The molecule has 6 rings (SSSR count). The summed E-state index contributed by atoms with van der Waals surface area (Å²) in [6, 6.07) is 29.2. The Kier molecular flexibility index (Phi) is 3.34. The molecule has 4 heteroatoms. The van der Waals surface area contributed by atoms with Gasteiger partial charge in [0.25, 0.3) is 0 Å². The van der Waals surface area contributed by atoms with Gasteiger partial charge in [0, 0.05) is 27.2 Å². The molecule has 6 aromatic rings. The Morgan fingerprint density at radius 2 is 1.61 bits per heavy atom. The summed E-state index contributed by atoms with van der Waals surface area (Å²) >= 11 is 1.79. The smallest absolute Gasteiger partial charge is 0.138 e. The molecule has 0 saturated heterocycles. The number of rotatable bonds is 2. The molecule has 0 aliphatic rings. The second kappa shape index (κ2) is 6.01. The molecule has 0 bridgehead atoms. The Balaban J connectivity index is 1.70. The molecular formula is C24H15N3S. The molecular weight excluding hydrogens is 362 g/mol. The van der Waals surface area contributed by atoms with Crippen LogP contribution in [0.4, 0.5) is 0 Å². The average Bonchev–Trinajstić information content (AvgIpc) is 3.29. The highest BCUT2D eigenvalue weighted by molar-refractivity contribution is 7.25. The minimum atomic E-state index is 0.918. The van der Waals surface area contributed by atoms with Crippen LogP contribution >= 0.6 is 11.3 Å². The first-order valence-electron chi connectivity index (χ1n) is 9.20. The SMILES string of the molecule is c1ccc(-c2cccc(-n3c4cccnc4c4c5ccccc5sc43)n2)cc1. The van der Waals surface area contributed by atoms with Gasteiger partial charge in [-0.3, -0.25) is 9.55 Å². The van der Waals surface area contributed by atoms with E-state index in [0.29, 0.717) is 0 Å². The van der Waals surface area contributed by atoms with Crippen LogP contribution in [0.25, 0.3) is 48.4 Å². The van der Waals surface area contributed by atoms with Crippen LogP contribution in [0.1, 0.15) is 0 Å². The molecule has 0 spiro atoms. The number of hydrogen-bond donors (Lipinski definition) is 0. The fourth-order valence-electron chi connectivity index (χ4n) is 3.84. The van der Waals surface area contributed by atoms with Crippen LogP contribution in [-0.2, 0) is 0 Å². The third-order valence-electron chi connectivity index (χ3n) is 5.08. The molecule has 3 nitrogen and oxygen atoms in total. The van der Waals surface area contributed by atoms with Crippen molar-refractivity contribution in [3.8, 4) is 17.1 Å². The van der Waals surface area contributed by atoms with Gasteiger partial charge in [0.2, 0.25) is 0 Å². The molecule has 0 fully saturated rings. The Hall–Kier alpha value is -3.50. The molecule has 0 N–H and O–H groups in total. The van der Waals surface area contributed by atoms with Gasteiger partial charge in [-0.15, -0.1) is 11.3 Å². The van der Waals surface area contributed by atoms with Crippen molar-refractivity contribution in [3.63, 3.8) is 0 Å². The van der Waals surface area contributed by atoms with Gasteiger partial charge in [-0.25, -0.2) is 4.98 Å². The van der Waals surface area contributed by atoms with E-state index in [9.17, 15) is 0 Å². The van der Waals surface area contributed by atoms with Gasteiger partial charge in [0.15, 0.2) is 0 Å².